The van der Waals surface area contributed by atoms with Crippen LogP contribution in [-0.4, -0.2) is 39.8 Å². The van der Waals surface area contributed by atoms with Gasteiger partial charge in [0.05, 0.1) is 11.4 Å². The van der Waals surface area contributed by atoms with Crippen molar-refractivity contribution in [3.63, 3.8) is 0 Å². The van der Waals surface area contributed by atoms with E-state index in [0.717, 1.165) is 22.1 Å². The molecule has 0 atom stereocenters. The van der Waals surface area contributed by atoms with Crippen LogP contribution in [0.25, 0.3) is 10.6 Å². The van der Waals surface area contributed by atoms with Gasteiger partial charge in [0.25, 0.3) is 5.91 Å². The molecule has 0 aliphatic carbocycles. The molecule has 0 saturated heterocycles. The third-order valence-corrected chi connectivity index (χ3v) is 4.53. The summed E-state index contributed by atoms with van der Waals surface area (Å²) in [5.74, 6) is 1.20. The molecule has 0 unspecified atom stereocenters. The molecule has 0 aliphatic heterocycles. The molecule has 130 valence electrons. The fourth-order valence-electron chi connectivity index (χ4n) is 2.39. The van der Waals surface area contributed by atoms with Crippen LogP contribution in [0.1, 0.15) is 22.0 Å². The highest BCUT2D eigenvalue weighted by Gasteiger charge is 2.15. The second-order valence-corrected chi connectivity index (χ2v) is 6.82. The zero-order chi connectivity index (χ0) is 18.0. The van der Waals surface area contributed by atoms with E-state index in [2.05, 4.69) is 20.4 Å². The van der Waals surface area contributed by atoms with Crippen molar-refractivity contribution in [2.45, 2.75) is 13.5 Å². The second kappa shape index (κ2) is 7.02. The molecule has 3 rings (SSSR count). The first-order chi connectivity index (χ1) is 11.9. The Labute approximate surface area is 150 Å². The van der Waals surface area contributed by atoms with E-state index < -0.39 is 0 Å². The van der Waals surface area contributed by atoms with E-state index in [1.54, 1.807) is 29.1 Å². The highest BCUT2D eigenvalue weighted by Crippen LogP contribution is 2.23. The number of hydrogen-bond donors (Lipinski definition) is 1. The van der Waals surface area contributed by atoms with Gasteiger partial charge in [-0.25, -0.2) is 9.97 Å². The number of aromatic nitrogens is 4. The highest BCUT2D eigenvalue weighted by atomic mass is 32.1. The van der Waals surface area contributed by atoms with E-state index in [1.807, 2.05) is 49.5 Å². The Morgan fingerprint density at radius 2 is 2.12 bits per heavy atom. The van der Waals surface area contributed by atoms with Crippen molar-refractivity contribution in [3.8, 4) is 10.6 Å². The number of hydrogen-bond acceptors (Lipinski definition) is 6. The smallest absolute Gasteiger partial charge is 0.269 e. The summed E-state index contributed by atoms with van der Waals surface area (Å²) >= 11 is 1.59. The molecule has 0 bridgehead atoms. The average Bonchev–Trinajstić information content (AvgIpc) is 3.21. The lowest BCUT2D eigenvalue weighted by atomic mass is 10.3. The van der Waals surface area contributed by atoms with Crippen LogP contribution in [0.15, 0.2) is 29.6 Å². The summed E-state index contributed by atoms with van der Waals surface area (Å²) in [6.07, 6.45) is 0. The van der Waals surface area contributed by atoms with Gasteiger partial charge in [0.2, 0.25) is 0 Å². The minimum Gasteiger partial charge on any atom is -0.363 e. The number of anilines is 1. The van der Waals surface area contributed by atoms with Crippen molar-refractivity contribution >= 4 is 23.1 Å². The van der Waals surface area contributed by atoms with Gasteiger partial charge in [-0.15, -0.1) is 11.3 Å². The van der Waals surface area contributed by atoms with Crippen molar-refractivity contribution in [2.75, 3.05) is 19.0 Å². The van der Waals surface area contributed by atoms with Gasteiger partial charge in [-0.05, 0) is 24.4 Å². The molecule has 0 aliphatic rings. The van der Waals surface area contributed by atoms with Crippen LogP contribution < -0.4 is 10.2 Å². The van der Waals surface area contributed by atoms with Crippen molar-refractivity contribution in [3.05, 3.63) is 46.9 Å². The maximum atomic E-state index is 12.5. The van der Waals surface area contributed by atoms with Crippen molar-refractivity contribution in [2.24, 2.45) is 7.05 Å². The Morgan fingerprint density at radius 1 is 1.32 bits per heavy atom. The van der Waals surface area contributed by atoms with Crippen molar-refractivity contribution in [1.29, 1.82) is 0 Å². The van der Waals surface area contributed by atoms with Gasteiger partial charge >= 0.3 is 0 Å². The van der Waals surface area contributed by atoms with Gasteiger partial charge in [0.15, 0.2) is 0 Å². The maximum Gasteiger partial charge on any atom is 0.269 e. The lowest BCUT2D eigenvalue weighted by Crippen LogP contribution is -2.26. The lowest BCUT2D eigenvalue weighted by molar-refractivity contribution is 0.0940. The van der Waals surface area contributed by atoms with Gasteiger partial charge < -0.3 is 10.2 Å². The molecule has 3 aromatic heterocycles. The summed E-state index contributed by atoms with van der Waals surface area (Å²) < 4.78 is 1.59. The first-order valence-corrected chi connectivity index (χ1v) is 8.70. The van der Waals surface area contributed by atoms with E-state index in [9.17, 15) is 4.79 Å². The summed E-state index contributed by atoms with van der Waals surface area (Å²) in [6, 6.07) is 7.65. The van der Waals surface area contributed by atoms with Crippen LogP contribution in [0.5, 0.6) is 0 Å². The highest BCUT2D eigenvalue weighted by molar-refractivity contribution is 7.13. The third-order valence-electron chi connectivity index (χ3n) is 3.64. The van der Waals surface area contributed by atoms with Crippen LogP contribution in [0.3, 0.4) is 0 Å². The molecule has 0 spiro atoms. The fourth-order valence-corrected chi connectivity index (χ4v) is 3.08. The van der Waals surface area contributed by atoms with Crippen LogP contribution in [0.2, 0.25) is 0 Å². The maximum absolute atomic E-state index is 12.5. The topological polar surface area (TPSA) is 75.9 Å². The number of thiophene rings is 1. The largest absolute Gasteiger partial charge is 0.363 e. The fraction of sp³-hybridized carbons (Fsp3) is 0.294. The minimum atomic E-state index is -0.200. The first-order valence-electron chi connectivity index (χ1n) is 7.82. The molecule has 0 fully saturated rings. The van der Waals surface area contributed by atoms with E-state index in [4.69, 9.17) is 0 Å². The third kappa shape index (κ3) is 3.85. The summed E-state index contributed by atoms with van der Waals surface area (Å²) in [7, 11) is 5.61. The van der Waals surface area contributed by atoms with E-state index in [0.29, 0.717) is 11.5 Å². The molecular weight excluding hydrogens is 336 g/mol. The van der Waals surface area contributed by atoms with Gasteiger partial charge in [-0.2, -0.15) is 5.10 Å². The number of nitrogens with zero attached hydrogens (tertiary/aromatic N) is 5. The quantitative estimate of drug-likeness (QED) is 0.759. The van der Waals surface area contributed by atoms with Gasteiger partial charge in [0.1, 0.15) is 23.0 Å². The molecule has 8 heteroatoms. The van der Waals surface area contributed by atoms with Gasteiger partial charge in [0, 0.05) is 32.9 Å². The molecule has 0 saturated carbocycles. The number of aryl methyl sites for hydroxylation is 2. The van der Waals surface area contributed by atoms with Crippen LogP contribution >= 0.6 is 11.3 Å². The van der Waals surface area contributed by atoms with Crippen LogP contribution in [0, 0.1) is 6.92 Å². The van der Waals surface area contributed by atoms with Crippen molar-refractivity contribution < 1.29 is 4.79 Å². The van der Waals surface area contributed by atoms with Crippen molar-refractivity contribution in [1.82, 2.24) is 25.1 Å². The zero-order valence-electron chi connectivity index (χ0n) is 14.6. The molecule has 1 amide bonds. The molecular formula is C17H20N6OS. The molecule has 3 heterocycles. The molecule has 0 radical (unpaired) electrons. The molecule has 0 aromatic carbocycles. The number of carbonyl (C=O) groups is 1. The predicted molar refractivity (Wildman–Crippen MR) is 98.8 cm³/mol. The standard InChI is InChI=1S/C17H20N6OS/c1-11-8-16(22(2)3)20-15(19-11)10-18-17(24)13-9-12(21-23(13)4)14-6-5-7-25-14/h5-9H,10H2,1-4H3,(H,18,24). The number of nitrogens with one attached hydrogen (secondary N) is 1. The van der Waals surface area contributed by atoms with E-state index >= 15 is 0 Å². The summed E-state index contributed by atoms with van der Waals surface area (Å²) in [5, 5.41) is 9.26. The first kappa shape index (κ1) is 17.1. The summed E-state index contributed by atoms with van der Waals surface area (Å²) in [4.78, 5) is 24.3. The molecule has 1 N–H and O–H groups in total. The Hall–Kier alpha value is -2.74. The zero-order valence-corrected chi connectivity index (χ0v) is 15.5. The number of rotatable bonds is 5. The Kier molecular flexibility index (Phi) is 4.80. The van der Waals surface area contributed by atoms with Gasteiger partial charge in [-0.3, -0.25) is 9.48 Å². The van der Waals surface area contributed by atoms with Crippen LogP contribution in [-0.2, 0) is 13.6 Å². The Balaban J connectivity index is 1.73. The van der Waals surface area contributed by atoms with Gasteiger partial charge in [-0.1, -0.05) is 6.07 Å². The lowest BCUT2D eigenvalue weighted by Gasteiger charge is -2.13. The number of amides is 1. The average molecular weight is 356 g/mol. The van der Waals surface area contributed by atoms with E-state index in [1.165, 1.54) is 0 Å². The monoisotopic (exact) mass is 356 g/mol. The predicted octanol–water partition coefficient (Wildman–Crippen LogP) is 2.24. The SMILES string of the molecule is Cc1cc(N(C)C)nc(CNC(=O)c2cc(-c3cccs3)nn2C)n1. The Bertz CT molecular complexity index is 885. The molecule has 3 aromatic rings. The van der Waals surface area contributed by atoms with Crippen LogP contribution in [0.4, 0.5) is 5.82 Å². The Morgan fingerprint density at radius 3 is 2.80 bits per heavy atom. The normalized spacial score (nSPS) is 10.7. The summed E-state index contributed by atoms with van der Waals surface area (Å²) in [6.45, 7) is 2.18. The van der Waals surface area contributed by atoms with E-state index in [-0.39, 0.29) is 12.5 Å². The molecule has 7 nitrogen and oxygen atoms in total. The second-order valence-electron chi connectivity index (χ2n) is 5.88. The summed E-state index contributed by atoms with van der Waals surface area (Å²) in [5.41, 5.74) is 2.16. The minimum absolute atomic E-state index is 0.200. The molecule has 25 heavy (non-hydrogen) atoms. The number of carbonyl (C=O) groups excluding carboxylic acids is 1.